The van der Waals surface area contributed by atoms with Crippen molar-refractivity contribution >= 4 is 5.91 Å². The van der Waals surface area contributed by atoms with E-state index in [4.69, 9.17) is 0 Å². The number of carbonyl (C=O) groups excluding carboxylic acids is 1. The van der Waals surface area contributed by atoms with Crippen molar-refractivity contribution in [3.63, 3.8) is 0 Å². The van der Waals surface area contributed by atoms with Crippen LogP contribution in [-0.2, 0) is 0 Å². The van der Waals surface area contributed by atoms with E-state index in [-0.39, 0.29) is 11.7 Å². The summed E-state index contributed by atoms with van der Waals surface area (Å²) in [5.74, 6) is -0.314. The Kier molecular flexibility index (Phi) is 6.13. The highest BCUT2D eigenvalue weighted by Crippen LogP contribution is 2.18. The van der Waals surface area contributed by atoms with Crippen LogP contribution in [0, 0.1) is 5.82 Å². The molecule has 5 heteroatoms. The van der Waals surface area contributed by atoms with Gasteiger partial charge in [-0.25, -0.2) is 4.39 Å². The molecule has 1 amide bonds. The van der Waals surface area contributed by atoms with E-state index in [1.807, 2.05) is 4.90 Å². The maximum Gasteiger partial charge on any atom is 0.253 e. The summed E-state index contributed by atoms with van der Waals surface area (Å²) in [7, 11) is 4.18. The standard InChI is InChI=1S/C18H28FN3O/c1-14-12-21(18(23)16-6-8-17(19)9-7-16)13-15(2)22(14)11-5-10-20(3)4/h6-9,14-15H,5,10-13H2,1-4H3. The second kappa shape index (κ2) is 7.88. The van der Waals surface area contributed by atoms with Gasteiger partial charge < -0.3 is 9.80 Å². The number of hydrogen-bond acceptors (Lipinski definition) is 3. The van der Waals surface area contributed by atoms with Crippen LogP contribution in [0.15, 0.2) is 24.3 Å². The minimum atomic E-state index is -0.311. The minimum absolute atomic E-state index is 0.00311. The van der Waals surface area contributed by atoms with Crippen molar-refractivity contribution in [2.75, 3.05) is 40.3 Å². The lowest BCUT2D eigenvalue weighted by molar-refractivity contribution is 0.0295. The quantitative estimate of drug-likeness (QED) is 0.833. The summed E-state index contributed by atoms with van der Waals surface area (Å²) >= 11 is 0. The van der Waals surface area contributed by atoms with E-state index >= 15 is 0 Å². The highest BCUT2D eigenvalue weighted by atomic mass is 19.1. The number of nitrogens with zero attached hydrogens (tertiary/aromatic N) is 3. The Balaban J connectivity index is 1.95. The number of benzene rings is 1. The molecule has 0 aliphatic carbocycles. The number of piperazine rings is 1. The fourth-order valence-electron chi connectivity index (χ4n) is 3.31. The van der Waals surface area contributed by atoms with Gasteiger partial charge in [-0.2, -0.15) is 0 Å². The van der Waals surface area contributed by atoms with Gasteiger partial charge in [-0.3, -0.25) is 9.69 Å². The lowest BCUT2D eigenvalue weighted by Crippen LogP contribution is -2.58. The smallest absolute Gasteiger partial charge is 0.253 e. The first kappa shape index (κ1) is 17.9. The molecule has 1 heterocycles. The Morgan fingerprint density at radius 1 is 1.17 bits per heavy atom. The molecule has 23 heavy (non-hydrogen) atoms. The molecule has 1 aromatic rings. The van der Waals surface area contributed by atoms with Crippen molar-refractivity contribution in [2.24, 2.45) is 0 Å². The van der Waals surface area contributed by atoms with E-state index in [1.54, 1.807) is 12.1 Å². The van der Waals surface area contributed by atoms with Crippen LogP contribution in [0.2, 0.25) is 0 Å². The molecular weight excluding hydrogens is 293 g/mol. The SMILES string of the molecule is CC1CN(C(=O)c2ccc(F)cc2)CC(C)N1CCCN(C)C. The third-order valence-corrected chi connectivity index (χ3v) is 4.50. The van der Waals surface area contributed by atoms with Crippen LogP contribution in [0.4, 0.5) is 4.39 Å². The van der Waals surface area contributed by atoms with Crippen molar-refractivity contribution in [1.82, 2.24) is 14.7 Å². The molecule has 1 fully saturated rings. The van der Waals surface area contributed by atoms with Crippen molar-refractivity contribution < 1.29 is 9.18 Å². The van der Waals surface area contributed by atoms with Gasteiger partial charge in [0.25, 0.3) is 5.91 Å². The third-order valence-electron chi connectivity index (χ3n) is 4.50. The largest absolute Gasteiger partial charge is 0.336 e. The first-order chi connectivity index (χ1) is 10.9. The van der Waals surface area contributed by atoms with E-state index in [2.05, 4.69) is 37.7 Å². The van der Waals surface area contributed by atoms with Gasteiger partial charge in [0.1, 0.15) is 5.82 Å². The fourth-order valence-corrected chi connectivity index (χ4v) is 3.31. The molecule has 2 atom stereocenters. The molecule has 1 saturated heterocycles. The molecular formula is C18H28FN3O. The summed E-state index contributed by atoms with van der Waals surface area (Å²) in [6, 6.07) is 6.50. The summed E-state index contributed by atoms with van der Waals surface area (Å²) in [6.07, 6.45) is 1.13. The maximum absolute atomic E-state index is 13.0. The second-order valence-electron chi connectivity index (χ2n) is 6.81. The predicted octanol–water partition coefficient (Wildman–Crippen LogP) is 2.31. The molecule has 1 aliphatic heterocycles. The number of halogens is 1. The van der Waals surface area contributed by atoms with E-state index < -0.39 is 0 Å². The maximum atomic E-state index is 13.0. The average molecular weight is 321 g/mol. The summed E-state index contributed by atoms with van der Waals surface area (Å²) in [5.41, 5.74) is 0.562. The van der Waals surface area contributed by atoms with E-state index in [0.717, 1.165) is 32.6 Å². The molecule has 128 valence electrons. The number of hydrogen-bond donors (Lipinski definition) is 0. The van der Waals surface area contributed by atoms with Crippen molar-refractivity contribution in [3.8, 4) is 0 Å². The Bertz CT molecular complexity index is 506. The molecule has 2 unspecified atom stereocenters. The van der Waals surface area contributed by atoms with Crippen LogP contribution in [0.25, 0.3) is 0 Å². The van der Waals surface area contributed by atoms with Gasteiger partial charge in [0.15, 0.2) is 0 Å². The highest BCUT2D eigenvalue weighted by molar-refractivity contribution is 5.94. The highest BCUT2D eigenvalue weighted by Gasteiger charge is 2.31. The summed E-state index contributed by atoms with van der Waals surface area (Å²) in [4.78, 5) is 19.2. The number of carbonyl (C=O) groups is 1. The zero-order chi connectivity index (χ0) is 17.0. The Labute approximate surface area is 138 Å². The molecule has 0 saturated carbocycles. The zero-order valence-corrected chi connectivity index (χ0v) is 14.6. The van der Waals surface area contributed by atoms with Crippen LogP contribution in [0.5, 0.6) is 0 Å². The first-order valence-electron chi connectivity index (χ1n) is 8.34. The molecule has 4 nitrogen and oxygen atoms in total. The van der Waals surface area contributed by atoms with Gasteiger partial charge in [0.2, 0.25) is 0 Å². The van der Waals surface area contributed by atoms with Crippen molar-refractivity contribution in [1.29, 1.82) is 0 Å². The van der Waals surface area contributed by atoms with Crippen LogP contribution in [0.1, 0.15) is 30.6 Å². The predicted molar refractivity (Wildman–Crippen MR) is 91.1 cm³/mol. The lowest BCUT2D eigenvalue weighted by Gasteiger charge is -2.44. The third kappa shape index (κ3) is 4.75. The summed E-state index contributed by atoms with van der Waals surface area (Å²) in [5, 5.41) is 0. The number of rotatable bonds is 5. The molecule has 1 aliphatic rings. The van der Waals surface area contributed by atoms with Gasteiger partial charge in [0.05, 0.1) is 0 Å². The first-order valence-corrected chi connectivity index (χ1v) is 8.34. The number of amides is 1. The Hall–Kier alpha value is -1.46. The van der Waals surface area contributed by atoms with Gasteiger partial charge >= 0.3 is 0 Å². The lowest BCUT2D eigenvalue weighted by atomic mass is 10.1. The van der Waals surface area contributed by atoms with Gasteiger partial charge in [0, 0.05) is 37.3 Å². The molecule has 2 rings (SSSR count). The fraction of sp³-hybridized carbons (Fsp3) is 0.611. The molecule has 0 spiro atoms. The molecule has 0 bridgehead atoms. The topological polar surface area (TPSA) is 26.8 Å². The van der Waals surface area contributed by atoms with Crippen LogP contribution >= 0.6 is 0 Å². The van der Waals surface area contributed by atoms with Crippen LogP contribution < -0.4 is 0 Å². The normalized spacial score (nSPS) is 22.6. The van der Waals surface area contributed by atoms with Gasteiger partial charge in [-0.05, 0) is 65.2 Å². The summed E-state index contributed by atoms with van der Waals surface area (Å²) < 4.78 is 13.0. The van der Waals surface area contributed by atoms with Gasteiger partial charge in [-0.1, -0.05) is 0 Å². The van der Waals surface area contributed by atoms with Crippen LogP contribution in [-0.4, -0.2) is 73.0 Å². The molecule has 0 aromatic heterocycles. The zero-order valence-electron chi connectivity index (χ0n) is 14.6. The summed E-state index contributed by atoms with van der Waals surface area (Å²) in [6.45, 7) is 7.94. The van der Waals surface area contributed by atoms with Gasteiger partial charge in [-0.15, -0.1) is 0 Å². The van der Waals surface area contributed by atoms with E-state index in [9.17, 15) is 9.18 Å². The van der Waals surface area contributed by atoms with E-state index in [0.29, 0.717) is 17.6 Å². The Morgan fingerprint density at radius 3 is 2.26 bits per heavy atom. The Morgan fingerprint density at radius 2 is 1.74 bits per heavy atom. The molecule has 0 radical (unpaired) electrons. The minimum Gasteiger partial charge on any atom is -0.336 e. The van der Waals surface area contributed by atoms with Crippen molar-refractivity contribution in [2.45, 2.75) is 32.4 Å². The van der Waals surface area contributed by atoms with Crippen LogP contribution in [0.3, 0.4) is 0 Å². The second-order valence-corrected chi connectivity index (χ2v) is 6.81. The van der Waals surface area contributed by atoms with E-state index in [1.165, 1.54) is 12.1 Å². The molecule has 0 N–H and O–H groups in total. The molecule has 1 aromatic carbocycles. The average Bonchev–Trinajstić information content (AvgIpc) is 2.49. The monoisotopic (exact) mass is 321 g/mol. The van der Waals surface area contributed by atoms with Crippen molar-refractivity contribution in [3.05, 3.63) is 35.6 Å².